The van der Waals surface area contributed by atoms with Gasteiger partial charge in [-0.1, -0.05) is 13.0 Å². The van der Waals surface area contributed by atoms with Crippen LogP contribution >= 0.6 is 0 Å². The van der Waals surface area contributed by atoms with Gasteiger partial charge in [-0.05, 0) is 31.6 Å². The Balaban J connectivity index is 2.35. The van der Waals surface area contributed by atoms with Crippen LogP contribution in [0.4, 0.5) is 0 Å². The molecule has 1 rings (SSSR count). The fourth-order valence-electron chi connectivity index (χ4n) is 1.81. The summed E-state index contributed by atoms with van der Waals surface area (Å²) in [5.41, 5.74) is 0. The summed E-state index contributed by atoms with van der Waals surface area (Å²) in [6.45, 7) is 6.63. The molecule has 1 N–H and O–H groups in total. The largest absolute Gasteiger partial charge is 0.390 e. The highest BCUT2D eigenvalue weighted by atomic mass is 16.5. The maximum Gasteiger partial charge on any atom is 0.0839 e. The van der Waals surface area contributed by atoms with Crippen molar-refractivity contribution in [3.05, 3.63) is 12.7 Å². The first-order chi connectivity index (χ1) is 6.27. The molecular weight excluding hydrogens is 164 g/mol. The molecule has 0 saturated heterocycles. The van der Waals surface area contributed by atoms with Crippen molar-refractivity contribution < 1.29 is 9.84 Å². The molecule has 0 heterocycles. The number of hydrogen-bond donors (Lipinski definition) is 1. The summed E-state index contributed by atoms with van der Waals surface area (Å²) in [5.74, 6) is 0.533. The molecule has 1 saturated carbocycles. The van der Waals surface area contributed by atoms with Crippen LogP contribution in [0.15, 0.2) is 12.7 Å². The summed E-state index contributed by atoms with van der Waals surface area (Å²) in [6, 6.07) is 0. The van der Waals surface area contributed by atoms with Crippen LogP contribution in [0, 0.1) is 5.92 Å². The standard InChI is InChI=1S/C11H20O2/c1-3-7-13-11-8-9(4-2)5-6-10(11)12/h4,9-12H,2-3,5-8H2,1H3. The Morgan fingerprint density at radius 3 is 2.92 bits per heavy atom. The van der Waals surface area contributed by atoms with E-state index < -0.39 is 0 Å². The van der Waals surface area contributed by atoms with Gasteiger partial charge >= 0.3 is 0 Å². The van der Waals surface area contributed by atoms with Crippen molar-refractivity contribution in [2.45, 2.75) is 44.8 Å². The van der Waals surface area contributed by atoms with E-state index in [1.54, 1.807) is 0 Å². The van der Waals surface area contributed by atoms with Crippen molar-refractivity contribution in [2.75, 3.05) is 6.61 Å². The lowest BCUT2D eigenvalue weighted by atomic mass is 9.85. The molecule has 2 nitrogen and oxygen atoms in total. The van der Waals surface area contributed by atoms with Gasteiger partial charge in [0, 0.05) is 6.61 Å². The van der Waals surface area contributed by atoms with Gasteiger partial charge in [-0.15, -0.1) is 6.58 Å². The number of aliphatic hydroxyl groups is 1. The molecule has 2 heteroatoms. The molecule has 0 spiro atoms. The fraction of sp³-hybridized carbons (Fsp3) is 0.818. The Morgan fingerprint density at radius 2 is 2.31 bits per heavy atom. The second-order valence-electron chi connectivity index (χ2n) is 3.79. The quantitative estimate of drug-likeness (QED) is 0.678. The molecule has 0 bridgehead atoms. The van der Waals surface area contributed by atoms with Gasteiger partial charge in [-0.2, -0.15) is 0 Å². The number of rotatable bonds is 4. The summed E-state index contributed by atoms with van der Waals surface area (Å²) in [4.78, 5) is 0. The molecule has 3 atom stereocenters. The molecule has 0 aromatic carbocycles. The normalized spacial score (nSPS) is 34.5. The molecule has 76 valence electrons. The molecule has 0 amide bonds. The van der Waals surface area contributed by atoms with Gasteiger partial charge in [0.15, 0.2) is 0 Å². The van der Waals surface area contributed by atoms with Crippen LogP contribution in [0.5, 0.6) is 0 Å². The maximum absolute atomic E-state index is 9.65. The van der Waals surface area contributed by atoms with E-state index in [2.05, 4.69) is 13.5 Å². The number of hydrogen-bond acceptors (Lipinski definition) is 2. The van der Waals surface area contributed by atoms with Crippen LogP contribution in [-0.2, 0) is 4.74 Å². The Bertz CT molecular complexity index is 156. The average molecular weight is 184 g/mol. The van der Waals surface area contributed by atoms with Crippen molar-refractivity contribution in [2.24, 2.45) is 5.92 Å². The monoisotopic (exact) mass is 184 g/mol. The molecule has 13 heavy (non-hydrogen) atoms. The van der Waals surface area contributed by atoms with E-state index in [-0.39, 0.29) is 12.2 Å². The Morgan fingerprint density at radius 1 is 1.54 bits per heavy atom. The number of ether oxygens (including phenoxy) is 1. The third-order valence-electron chi connectivity index (χ3n) is 2.67. The number of allylic oxidation sites excluding steroid dienone is 1. The zero-order chi connectivity index (χ0) is 9.68. The summed E-state index contributed by atoms with van der Waals surface area (Å²) in [6.07, 6.45) is 5.61. The minimum atomic E-state index is -0.261. The average Bonchev–Trinajstić information content (AvgIpc) is 2.17. The van der Waals surface area contributed by atoms with Crippen molar-refractivity contribution >= 4 is 0 Å². The second-order valence-corrected chi connectivity index (χ2v) is 3.79. The van der Waals surface area contributed by atoms with Gasteiger partial charge in [0.2, 0.25) is 0 Å². The SMILES string of the molecule is C=CC1CCC(O)C(OCCC)C1. The summed E-state index contributed by atoms with van der Waals surface area (Å²) in [5, 5.41) is 9.65. The van der Waals surface area contributed by atoms with Gasteiger partial charge in [-0.3, -0.25) is 0 Å². The fourth-order valence-corrected chi connectivity index (χ4v) is 1.81. The topological polar surface area (TPSA) is 29.5 Å². The molecule has 1 aliphatic carbocycles. The van der Waals surface area contributed by atoms with E-state index in [1.165, 1.54) is 0 Å². The van der Waals surface area contributed by atoms with E-state index in [0.29, 0.717) is 5.92 Å². The van der Waals surface area contributed by atoms with Gasteiger partial charge in [-0.25, -0.2) is 0 Å². The van der Waals surface area contributed by atoms with Crippen molar-refractivity contribution in [3.63, 3.8) is 0 Å². The third-order valence-corrected chi connectivity index (χ3v) is 2.67. The lowest BCUT2D eigenvalue weighted by Gasteiger charge is -2.31. The number of aliphatic hydroxyl groups excluding tert-OH is 1. The lowest BCUT2D eigenvalue weighted by molar-refractivity contribution is -0.0661. The van der Waals surface area contributed by atoms with Crippen molar-refractivity contribution in [1.29, 1.82) is 0 Å². The van der Waals surface area contributed by atoms with E-state index in [0.717, 1.165) is 32.3 Å². The highest BCUT2D eigenvalue weighted by Gasteiger charge is 2.27. The van der Waals surface area contributed by atoms with Crippen LogP contribution in [0.3, 0.4) is 0 Å². The van der Waals surface area contributed by atoms with E-state index in [9.17, 15) is 5.11 Å². The highest BCUT2D eigenvalue weighted by Crippen LogP contribution is 2.27. The molecule has 0 aromatic rings. The van der Waals surface area contributed by atoms with E-state index >= 15 is 0 Å². The first-order valence-corrected chi connectivity index (χ1v) is 5.20. The Kier molecular flexibility index (Phi) is 4.46. The summed E-state index contributed by atoms with van der Waals surface area (Å²) in [7, 11) is 0. The zero-order valence-electron chi connectivity index (χ0n) is 8.41. The molecular formula is C11H20O2. The van der Waals surface area contributed by atoms with Crippen LogP contribution in [0.2, 0.25) is 0 Å². The molecule has 0 aliphatic heterocycles. The van der Waals surface area contributed by atoms with Crippen LogP contribution in [-0.4, -0.2) is 23.9 Å². The van der Waals surface area contributed by atoms with Crippen LogP contribution < -0.4 is 0 Å². The smallest absolute Gasteiger partial charge is 0.0839 e. The predicted molar refractivity (Wildman–Crippen MR) is 53.6 cm³/mol. The van der Waals surface area contributed by atoms with Crippen molar-refractivity contribution in [1.82, 2.24) is 0 Å². The first-order valence-electron chi connectivity index (χ1n) is 5.20. The summed E-state index contributed by atoms with van der Waals surface area (Å²) >= 11 is 0. The van der Waals surface area contributed by atoms with E-state index in [4.69, 9.17) is 4.74 Å². The first kappa shape index (κ1) is 10.7. The molecule has 0 aromatic heterocycles. The Hall–Kier alpha value is -0.340. The second kappa shape index (κ2) is 5.40. The van der Waals surface area contributed by atoms with Gasteiger partial charge in [0.1, 0.15) is 0 Å². The molecule has 0 radical (unpaired) electrons. The summed E-state index contributed by atoms with van der Waals surface area (Å²) < 4.78 is 5.58. The molecule has 1 fully saturated rings. The third kappa shape index (κ3) is 3.12. The molecule has 1 aliphatic rings. The van der Waals surface area contributed by atoms with E-state index in [1.807, 2.05) is 6.08 Å². The maximum atomic E-state index is 9.65. The highest BCUT2D eigenvalue weighted by molar-refractivity contribution is 4.88. The van der Waals surface area contributed by atoms with Gasteiger partial charge in [0.05, 0.1) is 12.2 Å². The predicted octanol–water partition coefficient (Wildman–Crippen LogP) is 2.13. The van der Waals surface area contributed by atoms with Crippen LogP contribution in [0.1, 0.15) is 32.6 Å². The van der Waals surface area contributed by atoms with Crippen molar-refractivity contribution in [3.8, 4) is 0 Å². The zero-order valence-corrected chi connectivity index (χ0v) is 8.41. The Labute approximate surface area is 80.6 Å². The molecule has 3 unspecified atom stereocenters. The van der Waals surface area contributed by atoms with Gasteiger partial charge < -0.3 is 9.84 Å². The van der Waals surface area contributed by atoms with Gasteiger partial charge in [0.25, 0.3) is 0 Å². The minimum absolute atomic E-state index is 0.0386. The lowest BCUT2D eigenvalue weighted by Crippen LogP contribution is -2.35. The minimum Gasteiger partial charge on any atom is -0.390 e. The van der Waals surface area contributed by atoms with Crippen LogP contribution in [0.25, 0.3) is 0 Å².